The topological polar surface area (TPSA) is 71.1 Å². The predicted molar refractivity (Wildman–Crippen MR) is 156 cm³/mol. The number of nitrogens with one attached hydrogen (secondary N) is 1. The molecule has 0 radical (unpaired) electrons. The van der Waals surface area contributed by atoms with Crippen molar-refractivity contribution in [3.63, 3.8) is 0 Å². The molecule has 2 fully saturated rings. The molecule has 0 unspecified atom stereocenters. The maximum Gasteiger partial charge on any atom is 0.410 e. The number of ether oxygens (including phenoxy) is 2. The van der Waals surface area contributed by atoms with Crippen molar-refractivity contribution in [3.05, 3.63) is 59.2 Å². The molecule has 7 nitrogen and oxygen atoms in total. The van der Waals surface area contributed by atoms with E-state index in [4.69, 9.17) is 9.47 Å². The molecule has 39 heavy (non-hydrogen) atoms. The van der Waals surface area contributed by atoms with Crippen molar-refractivity contribution in [1.82, 2.24) is 9.80 Å². The van der Waals surface area contributed by atoms with Crippen LogP contribution in [-0.2, 0) is 4.74 Å². The van der Waals surface area contributed by atoms with E-state index in [1.807, 2.05) is 51.7 Å². The van der Waals surface area contributed by atoms with Gasteiger partial charge in [-0.1, -0.05) is 42.0 Å². The van der Waals surface area contributed by atoms with E-state index in [-0.39, 0.29) is 24.1 Å². The number of para-hydroxylation sites is 1. The van der Waals surface area contributed by atoms with Gasteiger partial charge in [-0.2, -0.15) is 0 Å². The molecule has 4 rings (SSSR count). The van der Waals surface area contributed by atoms with Gasteiger partial charge in [0.1, 0.15) is 11.4 Å². The standard InChI is InChI=1S/C32H45N3O4/c1-22(2)38-28-9-7-8-27(26-16-20-35(21-17-26)31(37)39-32(4,5)6)29(28)33-30(36)34-18-14-25(15-19-34)24-12-10-23(3)11-13-24/h7-13,22,25-26H,14-21H2,1-6H3,(H,33,36). The molecule has 1 N–H and O–H groups in total. The van der Waals surface area contributed by atoms with E-state index in [0.717, 1.165) is 50.0 Å². The van der Waals surface area contributed by atoms with E-state index >= 15 is 0 Å². The van der Waals surface area contributed by atoms with Crippen molar-refractivity contribution in [2.45, 2.75) is 90.8 Å². The lowest BCUT2D eigenvalue weighted by molar-refractivity contribution is 0.0205. The molecule has 212 valence electrons. The Labute approximate surface area is 233 Å². The average molecular weight is 536 g/mol. The molecular weight excluding hydrogens is 490 g/mol. The first kappa shape index (κ1) is 28.8. The Morgan fingerprint density at radius 3 is 2.05 bits per heavy atom. The highest BCUT2D eigenvalue weighted by molar-refractivity contribution is 5.92. The minimum atomic E-state index is -0.511. The van der Waals surface area contributed by atoms with Crippen LogP contribution in [0.2, 0.25) is 0 Å². The first-order valence-electron chi connectivity index (χ1n) is 14.4. The van der Waals surface area contributed by atoms with Crippen LogP contribution in [0.25, 0.3) is 0 Å². The van der Waals surface area contributed by atoms with Gasteiger partial charge >= 0.3 is 12.1 Å². The molecule has 2 aromatic carbocycles. The molecule has 2 aliphatic rings. The first-order valence-corrected chi connectivity index (χ1v) is 14.4. The Hall–Kier alpha value is -3.22. The van der Waals surface area contributed by atoms with Gasteiger partial charge in [-0.05, 0) is 96.3 Å². The number of rotatable bonds is 5. The second-order valence-corrected chi connectivity index (χ2v) is 12.2. The van der Waals surface area contributed by atoms with Crippen LogP contribution in [0.4, 0.5) is 15.3 Å². The smallest absolute Gasteiger partial charge is 0.410 e. The van der Waals surface area contributed by atoms with Crippen molar-refractivity contribution in [1.29, 1.82) is 0 Å². The number of aryl methyl sites for hydroxylation is 1. The Balaban J connectivity index is 1.44. The van der Waals surface area contributed by atoms with Crippen LogP contribution in [-0.4, -0.2) is 59.8 Å². The van der Waals surface area contributed by atoms with Crippen molar-refractivity contribution < 1.29 is 19.1 Å². The zero-order valence-electron chi connectivity index (χ0n) is 24.5. The highest BCUT2D eigenvalue weighted by atomic mass is 16.6. The van der Waals surface area contributed by atoms with Gasteiger partial charge in [-0.15, -0.1) is 0 Å². The number of nitrogens with zero attached hydrogens (tertiary/aromatic N) is 2. The summed E-state index contributed by atoms with van der Waals surface area (Å²) in [4.78, 5) is 29.8. The van der Waals surface area contributed by atoms with Crippen molar-refractivity contribution >= 4 is 17.8 Å². The van der Waals surface area contributed by atoms with E-state index in [0.29, 0.717) is 24.8 Å². The summed E-state index contributed by atoms with van der Waals surface area (Å²) in [5.74, 6) is 1.39. The van der Waals surface area contributed by atoms with Crippen LogP contribution in [0.1, 0.15) is 88.8 Å². The quantitative estimate of drug-likeness (QED) is 0.436. The number of benzene rings is 2. The van der Waals surface area contributed by atoms with Gasteiger partial charge in [0.15, 0.2) is 0 Å². The Kier molecular flexibility index (Phi) is 9.08. The monoisotopic (exact) mass is 535 g/mol. The fourth-order valence-electron chi connectivity index (χ4n) is 5.51. The molecule has 2 heterocycles. The van der Waals surface area contributed by atoms with E-state index in [1.54, 1.807) is 4.90 Å². The lowest BCUT2D eigenvalue weighted by Gasteiger charge is -2.35. The molecule has 0 saturated carbocycles. The van der Waals surface area contributed by atoms with Crippen LogP contribution in [0.5, 0.6) is 5.75 Å². The molecule has 2 aromatic rings. The van der Waals surface area contributed by atoms with Crippen molar-refractivity contribution in [2.24, 2.45) is 0 Å². The second kappa shape index (κ2) is 12.3. The third-order valence-electron chi connectivity index (χ3n) is 7.57. The third kappa shape index (κ3) is 7.68. The summed E-state index contributed by atoms with van der Waals surface area (Å²) in [7, 11) is 0. The number of hydrogen-bond acceptors (Lipinski definition) is 4. The molecule has 7 heteroatoms. The van der Waals surface area contributed by atoms with Gasteiger partial charge in [0, 0.05) is 26.2 Å². The lowest BCUT2D eigenvalue weighted by Crippen LogP contribution is -2.42. The number of urea groups is 1. The van der Waals surface area contributed by atoms with Gasteiger partial charge in [-0.25, -0.2) is 9.59 Å². The fraction of sp³-hybridized carbons (Fsp3) is 0.562. The van der Waals surface area contributed by atoms with Crippen LogP contribution in [0, 0.1) is 6.92 Å². The zero-order chi connectivity index (χ0) is 28.2. The maximum atomic E-state index is 13.5. The molecule has 2 aliphatic heterocycles. The molecule has 0 aliphatic carbocycles. The number of hydrogen-bond donors (Lipinski definition) is 1. The number of carbonyl (C=O) groups excluding carboxylic acids is 2. The van der Waals surface area contributed by atoms with E-state index in [2.05, 4.69) is 42.6 Å². The van der Waals surface area contributed by atoms with E-state index in [9.17, 15) is 9.59 Å². The largest absolute Gasteiger partial charge is 0.489 e. The number of carbonyl (C=O) groups is 2. The SMILES string of the molecule is Cc1ccc(C2CCN(C(=O)Nc3c(OC(C)C)cccc3C3CCN(C(=O)OC(C)(C)C)CC3)CC2)cc1. The van der Waals surface area contributed by atoms with Crippen molar-refractivity contribution in [3.8, 4) is 5.75 Å². The number of amides is 3. The third-order valence-corrected chi connectivity index (χ3v) is 7.57. The second-order valence-electron chi connectivity index (χ2n) is 12.2. The summed E-state index contributed by atoms with van der Waals surface area (Å²) in [5.41, 5.74) is 3.94. The highest BCUT2D eigenvalue weighted by Gasteiger charge is 2.31. The molecule has 0 aromatic heterocycles. The zero-order valence-corrected chi connectivity index (χ0v) is 24.5. The van der Waals surface area contributed by atoms with Crippen LogP contribution in [0.15, 0.2) is 42.5 Å². The van der Waals surface area contributed by atoms with Gasteiger partial charge in [-0.3, -0.25) is 0 Å². The minimum absolute atomic E-state index is 0.0184. The average Bonchev–Trinajstić information content (AvgIpc) is 2.89. The Morgan fingerprint density at radius 2 is 1.46 bits per heavy atom. The van der Waals surface area contributed by atoms with Crippen LogP contribution >= 0.6 is 0 Å². The predicted octanol–water partition coefficient (Wildman–Crippen LogP) is 7.31. The Morgan fingerprint density at radius 1 is 0.872 bits per heavy atom. The van der Waals surface area contributed by atoms with Gasteiger partial charge < -0.3 is 24.6 Å². The fourth-order valence-corrected chi connectivity index (χ4v) is 5.51. The molecule has 3 amide bonds. The highest BCUT2D eigenvalue weighted by Crippen LogP contribution is 2.39. The summed E-state index contributed by atoms with van der Waals surface area (Å²) in [6.45, 7) is 14.4. The summed E-state index contributed by atoms with van der Waals surface area (Å²) >= 11 is 0. The van der Waals surface area contributed by atoms with Gasteiger partial charge in [0.25, 0.3) is 0 Å². The molecule has 2 saturated heterocycles. The molecule has 0 bridgehead atoms. The Bertz CT molecular complexity index is 1120. The maximum absolute atomic E-state index is 13.5. The van der Waals surface area contributed by atoms with Crippen molar-refractivity contribution in [2.75, 3.05) is 31.5 Å². The molecular formula is C32H45N3O4. The summed E-state index contributed by atoms with van der Waals surface area (Å²) in [5, 5.41) is 3.24. The molecule has 0 atom stereocenters. The molecule has 0 spiro atoms. The summed E-state index contributed by atoms with van der Waals surface area (Å²) < 4.78 is 11.7. The van der Waals surface area contributed by atoms with Crippen LogP contribution < -0.4 is 10.1 Å². The summed E-state index contributed by atoms with van der Waals surface area (Å²) in [6.07, 6.45) is 3.23. The van der Waals surface area contributed by atoms with Gasteiger partial charge in [0.05, 0.1) is 11.8 Å². The number of anilines is 1. The summed E-state index contributed by atoms with van der Waals surface area (Å²) in [6, 6.07) is 14.7. The minimum Gasteiger partial charge on any atom is -0.489 e. The van der Waals surface area contributed by atoms with Gasteiger partial charge in [0.2, 0.25) is 0 Å². The first-order chi connectivity index (χ1) is 18.5. The lowest BCUT2D eigenvalue weighted by atomic mass is 9.88. The van der Waals surface area contributed by atoms with Crippen LogP contribution in [0.3, 0.4) is 0 Å². The van der Waals surface area contributed by atoms with E-state index in [1.165, 1.54) is 11.1 Å². The normalized spacial score (nSPS) is 17.3. The number of likely N-dealkylation sites (tertiary alicyclic amines) is 2. The number of piperidine rings is 2. The van der Waals surface area contributed by atoms with E-state index < -0.39 is 5.60 Å².